The molecule has 0 unspecified atom stereocenters. The van der Waals surface area contributed by atoms with E-state index in [1.165, 1.54) is 19.3 Å². The molecule has 0 N–H and O–H groups in total. The van der Waals surface area contributed by atoms with Gasteiger partial charge in [0, 0.05) is 0 Å². The second kappa shape index (κ2) is 2.91. The van der Waals surface area contributed by atoms with Crippen molar-refractivity contribution >= 4 is 0 Å². The van der Waals surface area contributed by atoms with Gasteiger partial charge in [-0.1, -0.05) is 13.8 Å². The predicted octanol–water partition coefficient (Wildman–Crippen LogP) is 3.00. The molecular weight excluding hydrogens is 212 g/mol. The topological polar surface area (TPSA) is 25.1 Å². The molecule has 7 atom stereocenters. The van der Waals surface area contributed by atoms with Crippen molar-refractivity contribution in [2.24, 2.45) is 23.7 Å². The monoisotopic (exact) mass is 236 g/mol. The molecule has 0 radical (unpaired) electrons. The molecule has 17 heavy (non-hydrogen) atoms. The van der Waals surface area contributed by atoms with Gasteiger partial charge in [-0.15, -0.1) is 0 Å². The second-order valence-corrected chi connectivity index (χ2v) is 7.51. The molecule has 0 bridgehead atoms. The fraction of sp³-hybridized carbons (Fsp3) is 1.00. The normalized spacial score (nSPS) is 63.7. The smallest absolute Gasteiger partial charge is 0.0952 e. The van der Waals surface area contributed by atoms with Crippen LogP contribution in [-0.4, -0.2) is 23.4 Å². The first-order chi connectivity index (χ1) is 7.96. The van der Waals surface area contributed by atoms with Crippen LogP contribution in [0.1, 0.15) is 47.0 Å². The Balaban J connectivity index is 1.69. The van der Waals surface area contributed by atoms with Crippen molar-refractivity contribution in [3.05, 3.63) is 0 Å². The van der Waals surface area contributed by atoms with Crippen molar-refractivity contribution in [1.29, 1.82) is 0 Å². The van der Waals surface area contributed by atoms with Gasteiger partial charge in [-0.2, -0.15) is 0 Å². The lowest BCUT2D eigenvalue weighted by Crippen LogP contribution is -2.48. The van der Waals surface area contributed by atoms with Gasteiger partial charge < -0.3 is 9.47 Å². The molecular formula is C15H24O2. The first-order valence-electron chi connectivity index (χ1n) is 7.31. The van der Waals surface area contributed by atoms with Gasteiger partial charge in [-0.05, 0) is 56.8 Å². The Labute approximate surface area is 104 Å². The summed E-state index contributed by atoms with van der Waals surface area (Å²) < 4.78 is 12.1. The third-order valence-electron chi connectivity index (χ3n) is 6.26. The third kappa shape index (κ3) is 1.24. The van der Waals surface area contributed by atoms with Crippen LogP contribution < -0.4 is 0 Å². The van der Waals surface area contributed by atoms with Gasteiger partial charge in [-0.25, -0.2) is 0 Å². The Morgan fingerprint density at radius 3 is 2.65 bits per heavy atom. The standard InChI is InChI=1S/C15H24O2/c1-8(2)9-7-11-15(4,16-11)10-5-6-14(3)13(17-14)12(9)10/h8-13H,5-7H2,1-4H3/t9-,10+,11-,12+,13-,14+,15+/m1/s1. The van der Waals surface area contributed by atoms with Gasteiger partial charge in [0.15, 0.2) is 0 Å². The van der Waals surface area contributed by atoms with Crippen molar-refractivity contribution in [1.82, 2.24) is 0 Å². The third-order valence-corrected chi connectivity index (χ3v) is 6.26. The van der Waals surface area contributed by atoms with E-state index in [-0.39, 0.29) is 11.2 Å². The average molecular weight is 236 g/mol. The van der Waals surface area contributed by atoms with Gasteiger partial charge in [0.2, 0.25) is 0 Å². The van der Waals surface area contributed by atoms with Gasteiger partial charge in [0.05, 0.1) is 23.4 Å². The molecule has 4 aliphatic rings. The molecule has 0 aromatic carbocycles. The highest BCUT2D eigenvalue weighted by molar-refractivity contribution is 5.20. The maximum atomic E-state index is 6.07. The van der Waals surface area contributed by atoms with Gasteiger partial charge in [-0.3, -0.25) is 0 Å². The molecule has 0 spiro atoms. The fourth-order valence-corrected chi connectivity index (χ4v) is 4.98. The van der Waals surface area contributed by atoms with E-state index in [4.69, 9.17) is 9.47 Å². The van der Waals surface area contributed by atoms with Crippen molar-refractivity contribution < 1.29 is 9.47 Å². The van der Waals surface area contributed by atoms with Crippen LogP contribution in [0.3, 0.4) is 0 Å². The number of hydrogen-bond donors (Lipinski definition) is 0. The zero-order valence-electron chi connectivity index (χ0n) is 11.4. The molecule has 0 aromatic rings. The Hall–Kier alpha value is -0.0800. The number of epoxide rings is 2. The van der Waals surface area contributed by atoms with Crippen LogP contribution in [0.4, 0.5) is 0 Å². The first-order valence-corrected chi connectivity index (χ1v) is 7.31. The summed E-state index contributed by atoms with van der Waals surface area (Å²) in [7, 11) is 0. The predicted molar refractivity (Wildman–Crippen MR) is 65.7 cm³/mol. The van der Waals surface area contributed by atoms with Crippen LogP contribution in [0.2, 0.25) is 0 Å². The number of fused-ring (bicyclic) bond motifs is 5. The van der Waals surface area contributed by atoms with E-state index >= 15 is 0 Å². The number of hydrogen-bond acceptors (Lipinski definition) is 2. The molecule has 2 heteroatoms. The fourth-order valence-electron chi connectivity index (χ4n) is 4.98. The summed E-state index contributed by atoms with van der Waals surface area (Å²) in [4.78, 5) is 0. The van der Waals surface area contributed by atoms with Crippen LogP contribution in [0.15, 0.2) is 0 Å². The van der Waals surface area contributed by atoms with Crippen LogP contribution in [-0.2, 0) is 9.47 Å². The SMILES string of the molecule is CC(C)[C@H]1C[C@H]2O[C@@]2(C)[C@H]2CC[C@]3(C)O[C@@H]3[C@@H]12. The average Bonchev–Trinajstić information content (AvgIpc) is 3.09. The minimum Gasteiger partial charge on any atom is -0.366 e. The van der Waals surface area contributed by atoms with Crippen molar-refractivity contribution in [2.45, 2.75) is 70.4 Å². The molecule has 2 aliphatic carbocycles. The summed E-state index contributed by atoms with van der Waals surface area (Å²) in [5.74, 6) is 3.10. The Bertz CT molecular complexity index is 366. The minimum atomic E-state index is 0.212. The molecule has 2 heterocycles. The zero-order valence-corrected chi connectivity index (χ0v) is 11.4. The van der Waals surface area contributed by atoms with E-state index < -0.39 is 0 Å². The van der Waals surface area contributed by atoms with E-state index in [1.54, 1.807) is 0 Å². The van der Waals surface area contributed by atoms with Gasteiger partial charge in [0.1, 0.15) is 0 Å². The van der Waals surface area contributed by atoms with Crippen molar-refractivity contribution in [3.8, 4) is 0 Å². The largest absolute Gasteiger partial charge is 0.366 e. The molecule has 0 aromatic heterocycles. The summed E-state index contributed by atoms with van der Waals surface area (Å²) in [6.07, 6.45) is 4.92. The molecule has 0 amide bonds. The molecule has 2 saturated carbocycles. The van der Waals surface area contributed by atoms with E-state index in [1.807, 2.05) is 0 Å². The Morgan fingerprint density at radius 1 is 1.18 bits per heavy atom. The quantitative estimate of drug-likeness (QED) is 0.654. The van der Waals surface area contributed by atoms with E-state index in [9.17, 15) is 0 Å². The molecule has 2 aliphatic heterocycles. The molecule has 2 saturated heterocycles. The van der Waals surface area contributed by atoms with Gasteiger partial charge >= 0.3 is 0 Å². The van der Waals surface area contributed by atoms with E-state index in [0.717, 1.165) is 23.7 Å². The molecule has 2 nitrogen and oxygen atoms in total. The van der Waals surface area contributed by atoms with E-state index in [0.29, 0.717) is 12.2 Å². The van der Waals surface area contributed by atoms with Crippen molar-refractivity contribution in [2.75, 3.05) is 0 Å². The summed E-state index contributed by atoms with van der Waals surface area (Å²) in [5.41, 5.74) is 0.440. The summed E-state index contributed by atoms with van der Waals surface area (Å²) in [5, 5.41) is 0. The highest BCUT2D eigenvalue weighted by Crippen LogP contribution is 2.66. The van der Waals surface area contributed by atoms with Crippen LogP contribution in [0.5, 0.6) is 0 Å². The summed E-state index contributed by atoms with van der Waals surface area (Å²) in [6.45, 7) is 9.41. The maximum absolute atomic E-state index is 6.07. The number of rotatable bonds is 1. The van der Waals surface area contributed by atoms with E-state index in [2.05, 4.69) is 27.7 Å². The highest BCUT2D eigenvalue weighted by atomic mass is 16.6. The molecule has 96 valence electrons. The molecule has 4 rings (SSSR count). The summed E-state index contributed by atoms with van der Waals surface area (Å²) in [6, 6.07) is 0. The van der Waals surface area contributed by atoms with Crippen molar-refractivity contribution in [3.63, 3.8) is 0 Å². The summed E-state index contributed by atoms with van der Waals surface area (Å²) >= 11 is 0. The van der Waals surface area contributed by atoms with Crippen LogP contribution in [0.25, 0.3) is 0 Å². The molecule has 4 fully saturated rings. The highest BCUT2D eigenvalue weighted by Gasteiger charge is 2.72. The lowest BCUT2D eigenvalue weighted by Gasteiger charge is -2.43. The lowest BCUT2D eigenvalue weighted by atomic mass is 9.57. The van der Waals surface area contributed by atoms with Crippen LogP contribution in [0, 0.1) is 23.7 Å². The zero-order chi connectivity index (χ0) is 12.0. The van der Waals surface area contributed by atoms with Crippen LogP contribution >= 0.6 is 0 Å². The Kier molecular flexibility index (Phi) is 1.85. The second-order valence-electron chi connectivity index (χ2n) is 7.51. The lowest BCUT2D eigenvalue weighted by molar-refractivity contribution is 0.0566. The van der Waals surface area contributed by atoms with Gasteiger partial charge in [0.25, 0.3) is 0 Å². The minimum absolute atomic E-state index is 0.212. The first kappa shape index (κ1) is 10.8. The Morgan fingerprint density at radius 2 is 1.94 bits per heavy atom. The number of ether oxygens (including phenoxy) is 2. The maximum Gasteiger partial charge on any atom is 0.0952 e.